The van der Waals surface area contributed by atoms with Gasteiger partial charge in [0.05, 0.1) is 5.69 Å². The molecule has 0 saturated heterocycles. The van der Waals surface area contributed by atoms with Crippen molar-refractivity contribution in [3.63, 3.8) is 0 Å². The molecular weight excluding hydrogens is 204 g/mol. The Morgan fingerprint density at radius 3 is 2.75 bits per heavy atom. The second kappa shape index (κ2) is 5.49. The summed E-state index contributed by atoms with van der Waals surface area (Å²) in [5, 5.41) is 2.89. The fraction of sp³-hybridized carbons (Fsp3) is 0.500. The first-order valence-electron chi connectivity index (χ1n) is 5.44. The van der Waals surface area contributed by atoms with Crippen molar-refractivity contribution in [3.8, 4) is 0 Å². The van der Waals surface area contributed by atoms with E-state index in [0.717, 1.165) is 6.29 Å². The van der Waals surface area contributed by atoms with Crippen molar-refractivity contribution >= 4 is 12.2 Å². The zero-order chi connectivity index (χ0) is 12.1. The minimum atomic E-state index is -0.0690. The Bertz CT molecular complexity index is 369. The predicted octanol–water partition coefficient (Wildman–Crippen LogP) is 1.46. The number of aldehydes is 1. The van der Waals surface area contributed by atoms with E-state index in [-0.39, 0.29) is 18.5 Å². The normalized spacial score (nSPS) is 12.5. The second-order valence-corrected chi connectivity index (χ2v) is 4.28. The van der Waals surface area contributed by atoms with Gasteiger partial charge < -0.3 is 9.88 Å². The van der Waals surface area contributed by atoms with Crippen LogP contribution in [0.25, 0.3) is 0 Å². The molecule has 1 aromatic heterocycles. The maximum atomic E-state index is 11.6. The lowest BCUT2D eigenvalue weighted by Gasteiger charge is -2.17. The number of carbonyl (C=O) groups excluding carboxylic acids is 2. The van der Waals surface area contributed by atoms with E-state index in [0.29, 0.717) is 11.6 Å². The standard InChI is InChI=1S/C12H18N2O2/c1-9(2)10(3)13-12(16)7-14-6-4-5-11(14)8-15/h4-6,8-10H,7H2,1-3H3,(H,13,16). The van der Waals surface area contributed by atoms with Crippen LogP contribution < -0.4 is 5.32 Å². The quantitative estimate of drug-likeness (QED) is 0.767. The molecule has 16 heavy (non-hydrogen) atoms. The first kappa shape index (κ1) is 12.5. The van der Waals surface area contributed by atoms with Crippen LogP contribution in [0.15, 0.2) is 18.3 Å². The molecule has 1 unspecified atom stereocenters. The van der Waals surface area contributed by atoms with Gasteiger partial charge in [-0.05, 0) is 25.0 Å². The van der Waals surface area contributed by atoms with E-state index in [9.17, 15) is 9.59 Å². The number of hydrogen-bond donors (Lipinski definition) is 1. The molecule has 0 aliphatic carbocycles. The monoisotopic (exact) mass is 222 g/mol. The molecular formula is C12H18N2O2. The smallest absolute Gasteiger partial charge is 0.240 e. The van der Waals surface area contributed by atoms with Gasteiger partial charge in [-0.2, -0.15) is 0 Å². The molecule has 0 aliphatic rings. The summed E-state index contributed by atoms with van der Waals surface area (Å²) >= 11 is 0. The first-order valence-corrected chi connectivity index (χ1v) is 5.44. The van der Waals surface area contributed by atoms with Crippen molar-refractivity contribution in [2.45, 2.75) is 33.4 Å². The average Bonchev–Trinajstić information content (AvgIpc) is 2.64. The van der Waals surface area contributed by atoms with Crippen LogP contribution in [0.1, 0.15) is 31.3 Å². The second-order valence-electron chi connectivity index (χ2n) is 4.28. The number of rotatable bonds is 5. The fourth-order valence-electron chi connectivity index (χ4n) is 1.30. The molecule has 1 rings (SSSR count). The Morgan fingerprint density at radius 1 is 1.50 bits per heavy atom. The molecule has 1 amide bonds. The molecule has 0 bridgehead atoms. The molecule has 1 atom stereocenters. The number of aromatic nitrogens is 1. The van der Waals surface area contributed by atoms with Crippen LogP contribution in [0.4, 0.5) is 0 Å². The molecule has 0 saturated carbocycles. The first-order chi connectivity index (χ1) is 7.54. The van der Waals surface area contributed by atoms with Gasteiger partial charge >= 0.3 is 0 Å². The predicted molar refractivity (Wildman–Crippen MR) is 62.3 cm³/mol. The van der Waals surface area contributed by atoms with E-state index < -0.39 is 0 Å². The summed E-state index contributed by atoms with van der Waals surface area (Å²) in [6, 6.07) is 3.58. The van der Waals surface area contributed by atoms with E-state index >= 15 is 0 Å². The maximum Gasteiger partial charge on any atom is 0.240 e. The third-order valence-corrected chi connectivity index (χ3v) is 2.69. The molecule has 0 radical (unpaired) electrons. The van der Waals surface area contributed by atoms with Gasteiger partial charge in [0.25, 0.3) is 0 Å². The van der Waals surface area contributed by atoms with Crippen molar-refractivity contribution in [2.75, 3.05) is 0 Å². The third kappa shape index (κ3) is 3.22. The lowest BCUT2D eigenvalue weighted by Crippen LogP contribution is -2.38. The van der Waals surface area contributed by atoms with Gasteiger partial charge in [-0.3, -0.25) is 9.59 Å². The zero-order valence-corrected chi connectivity index (χ0v) is 9.93. The largest absolute Gasteiger partial charge is 0.352 e. The van der Waals surface area contributed by atoms with Crippen LogP contribution in [0.3, 0.4) is 0 Å². The van der Waals surface area contributed by atoms with E-state index in [1.165, 1.54) is 0 Å². The van der Waals surface area contributed by atoms with Crippen molar-refractivity contribution in [2.24, 2.45) is 5.92 Å². The Labute approximate surface area is 95.6 Å². The lowest BCUT2D eigenvalue weighted by atomic mass is 10.1. The number of carbonyl (C=O) groups is 2. The molecule has 1 heterocycles. The molecule has 4 heteroatoms. The number of nitrogens with zero attached hydrogens (tertiary/aromatic N) is 1. The van der Waals surface area contributed by atoms with Crippen LogP contribution in [-0.4, -0.2) is 22.8 Å². The van der Waals surface area contributed by atoms with E-state index in [4.69, 9.17) is 0 Å². The minimum Gasteiger partial charge on any atom is -0.352 e. The van der Waals surface area contributed by atoms with Gasteiger partial charge in [0.1, 0.15) is 6.54 Å². The van der Waals surface area contributed by atoms with Crippen LogP contribution in [0.5, 0.6) is 0 Å². The van der Waals surface area contributed by atoms with Crippen molar-refractivity contribution in [3.05, 3.63) is 24.0 Å². The Hall–Kier alpha value is -1.58. The van der Waals surface area contributed by atoms with Gasteiger partial charge in [0.15, 0.2) is 6.29 Å². The Balaban J connectivity index is 2.55. The van der Waals surface area contributed by atoms with Crippen LogP contribution >= 0.6 is 0 Å². The van der Waals surface area contributed by atoms with Gasteiger partial charge in [-0.15, -0.1) is 0 Å². The molecule has 88 valence electrons. The van der Waals surface area contributed by atoms with Gasteiger partial charge in [0, 0.05) is 12.2 Å². The summed E-state index contributed by atoms with van der Waals surface area (Å²) in [5.74, 6) is 0.333. The van der Waals surface area contributed by atoms with Gasteiger partial charge in [-0.1, -0.05) is 13.8 Å². The van der Waals surface area contributed by atoms with E-state index in [1.54, 1.807) is 22.9 Å². The average molecular weight is 222 g/mol. The summed E-state index contributed by atoms with van der Waals surface area (Å²) < 4.78 is 1.63. The molecule has 0 aliphatic heterocycles. The number of nitrogens with one attached hydrogen (secondary N) is 1. The molecule has 1 aromatic rings. The summed E-state index contributed by atoms with van der Waals surface area (Å²) in [6.07, 6.45) is 2.47. The highest BCUT2D eigenvalue weighted by Gasteiger charge is 2.11. The molecule has 4 nitrogen and oxygen atoms in total. The maximum absolute atomic E-state index is 11.6. The fourth-order valence-corrected chi connectivity index (χ4v) is 1.30. The SMILES string of the molecule is CC(C)C(C)NC(=O)Cn1cccc1C=O. The zero-order valence-electron chi connectivity index (χ0n) is 9.93. The summed E-state index contributed by atoms with van der Waals surface area (Å²) in [7, 11) is 0. The van der Waals surface area contributed by atoms with Gasteiger partial charge in [-0.25, -0.2) is 0 Å². The Kier molecular flexibility index (Phi) is 4.28. The van der Waals surface area contributed by atoms with Crippen LogP contribution in [-0.2, 0) is 11.3 Å². The van der Waals surface area contributed by atoms with Crippen LogP contribution in [0, 0.1) is 5.92 Å². The summed E-state index contributed by atoms with van der Waals surface area (Å²) in [4.78, 5) is 22.3. The van der Waals surface area contributed by atoms with E-state index in [2.05, 4.69) is 19.2 Å². The topological polar surface area (TPSA) is 51.1 Å². The number of hydrogen-bond acceptors (Lipinski definition) is 2. The third-order valence-electron chi connectivity index (χ3n) is 2.69. The van der Waals surface area contributed by atoms with Crippen molar-refractivity contribution < 1.29 is 9.59 Å². The van der Waals surface area contributed by atoms with Crippen molar-refractivity contribution in [1.82, 2.24) is 9.88 Å². The van der Waals surface area contributed by atoms with Crippen molar-refractivity contribution in [1.29, 1.82) is 0 Å². The van der Waals surface area contributed by atoms with Crippen LogP contribution in [0.2, 0.25) is 0 Å². The van der Waals surface area contributed by atoms with Gasteiger partial charge in [0.2, 0.25) is 5.91 Å². The number of amides is 1. The molecule has 0 aromatic carbocycles. The molecule has 0 spiro atoms. The summed E-state index contributed by atoms with van der Waals surface area (Å²) in [5.41, 5.74) is 0.521. The molecule has 1 N–H and O–H groups in total. The summed E-state index contributed by atoms with van der Waals surface area (Å²) in [6.45, 7) is 6.27. The highest BCUT2D eigenvalue weighted by atomic mass is 16.2. The molecule has 0 fully saturated rings. The minimum absolute atomic E-state index is 0.0690. The highest BCUT2D eigenvalue weighted by molar-refractivity contribution is 5.78. The lowest BCUT2D eigenvalue weighted by molar-refractivity contribution is -0.122. The van der Waals surface area contributed by atoms with E-state index in [1.807, 2.05) is 6.92 Å². The Morgan fingerprint density at radius 2 is 2.19 bits per heavy atom. The highest BCUT2D eigenvalue weighted by Crippen LogP contribution is 2.02.